The van der Waals surface area contributed by atoms with Gasteiger partial charge in [-0.25, -0.2) is 4.98 Å². The van der Waals surface area contributed by atoms with E-state index < -0.39 is 0 Å². The molecule has 0 amide bonds. The van der Waals surface area contributed by atoms with Crippen LogP contribution in [-0.4, -0.2) is 14.1 Å². The number of allylic oxidation sites excluding steroid dienone is 4. The molecule has 9 aromatic rings. The molecule has 2 aromatic heterocycles. The van der Waals surface area contributed by atoms with Crippen LogP contribution < -0.4 is 9.64 Å². The maximum atomic E-state index is 6.57. The van der Waals surface area contributed by atoms with Gasteiger partial charge in [-0.2, -0.15) is 0 Å². The van der Waals surface area contributed by atoms with Crippen molar-refractivity contribution in [2.45, 2.75) is 12.8 Å². The third-order valence-corrected chi connectivity index (χ3v) is 10.8. The van der Waals surface area contributed by atoms with Crippen molar-refractivity contribution in [2.75, 3.05) is 4.90 Å². The molecule has 256 valence electrons. The number of hydrogen-bond donors (Lipinski definition) is 0. The van der Waals surface area contributed by atoms with Crippen LogP contribution in [0.15, 0.2) is 188 Å². The van der Waals surface area contributed by atoms with Crippen molar-refractivity contribution in [1.29, 1.82) is 0 Å². The van der Waals surface area contributed by atoms with E-state index in [0.717, 1.165) is 86.2 Å². The van der Waals surface area contributed by atoms with Gasteiger partial charge in [0.05, 0.1) is 33.4 Å². The molecule has 0 N–H and O–H groups in total. The minimum Gasteiger partial charge on any atom is -0.453 e. The normalized spacial score (nSPS) is 13.6. The second-order valence-electron chi connectivity index (χ2n) is 13.9. The monoisotopic (exact) mass is 694 g/mol. The Labute approximate surface area is 312 Å². The average Bonchev–Trinajstić information content (AvgIpc) is 3.79. The van der Waals surface area contributed by atoms with Gasteiger partial charge in [-0.1, -0.05) is 84.9 Å². The zero-order valence-electron chi connectivity index (χ0n) is 29.4. The smallest absolute Gasteiger partial charge is 0.152 e. The average molecular weight is 695 g/mol. The highest BCUT2D eigenvalue weighted by atomic mass is 16.5. The van der Waals surface area contributed by atoms with Crippen LogP contribution in [0.5, 0.6) is 11.5 Å². The summed E-state index contributed by atoms with van der Waals surface area (Å²) in [5.74, 6) is 2.67. The van der Waals surface area contributed by atoms with Crippen LogP contribution in [0.1, 0.15) is 12.8 Å². The predicted octanol–water partition coefficient (Wildman–Crippen LogP) is 12.9. The van der Waals surface area contributed by atoms with Gasteiger partial charge in [0.25, 0.3) is 0 Å². The van der Waals surface area contributed by atoms with Gasteiger partial charge in [0.2, 0.25) is 0 Å². The molecule has 3 heterocycles. The topological polar surface area (TPSA) is 35.2 Å². The Morgan fingerprint density at radius 3 is 2.06 bits per heavy atom. The van der Waals surface area contributed by atoms with Gasteiger partial charge in [0, 0.05) is 33.4 Å². The lowest BCUT2D eigenvalue weighted by molar-refractivity contribution is 0.475. The van der Waals surface area contributed by atoms with E-state index in [2.05, 4.69) is 178 Å². The van der Waals surface area contributed by atoms with E-state index in [1.54, 1.807) is 0 Å². The third-order valence-electron chi connectivity index (χ3n) is 10.8. The summed E-state index contributed by atoms with van der Waals surface area (Å²) in [6.07, 6.45) is 8.64. The number of benzene rings is 7. The van der Waals surface area contributed by atoms with Crippen molar-refractivity contribution in [3.63, 3.8) is 0 Å². The number of aromatic nitrogens is 3. The van der Waals surface area contributed by atoms with Gasteiger partial charge in [0.15, 0.2) is 11.5 Å². The highest BCUT2D eigenvalue weighted by Gasteiger charge is 2.27. The number of anilines is 2. The molecule has 0 spiro atoms. The first-order chi connectivity index (χ1) is 26.8. The largest absolute Gasteiger partial charge is 0.453 e. The SMILES string of the molecule is C1=CCCC(N2c3ccccc3Oc3cc(-c4ccc5c(c4)c4ccccc4n5-c4ccc(-c5nc6ccccc6n5-c5ccccc5)cc4)ccc32)=C1. The molecule has 7 aromatic carbocycles. The molecule has 1 aliphatic heterocycles. The molecule has 5 heteroatoms. The van der Waals surface area contributed by atoms with Crippen molar-refractivity contribution in [1.82, 2.24) is 14.1 Å². The van der Waals surface area contributed by atoms with Crippen LogP contribution in [-0.2, 0) is 0 Å². The number of imidazole rings is 1. The van der Waals surface area contributed by atoms with Crippen LogP contribution in [0, 0.1) is 0 Å². The van der Waals surface area contributed by atoms with E-state index in [-0.39, 0.29) is 0 Å². The van der Waals surface area contributed by atoms with Crippen molar-refractivity contribution in [3.8, 4) is 45.4 Å². The van der Waals surface area contributed by atoms with Gasteiger partial charge in [-0.15, -0.1) is 0 Å². The highest BCUT2D eigenvalue weighted by Crippen LogP contribution is 2.50. The van der Waals surface area contributed by atoms with Crippen LogP contribution in [0.2, 0.25) is 0 Å². The minimum atomic E-state index is 0.866. The molecule has 0 saturated carbocycles. The molecule has 11 rings (SSSR count). The van der Waals surface area contributed by atoms with Crippen LogP contribution >= 0.6 is 0 Å². The lowest BCUT2D eigenvalue weighted by Crippen LogP contribution is -2.21. The van der Waals surface area contributed by atoms with Gasteiger partial charge in [-0.3, -0.25) is 4.57 Å². The first-order valence-electron chi connectivity index (χ1n) is 18.5. The molecule has 1 aliphatic carbocycles. The fourth-order valence-electron chi connectivity index (χ4n) is 8.27. The molecule has 0 bridgehead atoms. The maximum Gasteiger partial charge on any atom is 0.152 e. The number of para-hydroxylation sites is 6. The van der Waals surface area contributed by atoms with E-state index in [0.29, 0.717) is 0 Å². The maximum absolute atomic E-state index is 6.57. The minimum absolute atomic E-state index is 0.866. The molecule has 2 aliphatic rings. The highest BCUT2D eigenvalue weighted by molar-refractivity contribution is 6.10. The Morgan fingerprint density at radius 1 is 0.500 bits per heavy atom. The Hall–Kier alpha value is -7.11. The zero-order chi connectivity index (χ0) is 35.6. The Morgan fingerprint density at radius 2 is 1.19 bits per heavy atom. The number of rotatable bonds is 5. The number of hydrogen-bond acceptors (Lipinski definition) is 3. The second-order valence-corrected chi connectivity index (χ2v) is 13.9. The van der Waals surface area contributed by atoms with Crippen LogP contribution in [0.4, 0.5) is 11.4 Å². The first-order valence-corrected chi connectivity index (χ1v) is 18.5. The van der Waals surface area contributed by atoms with E-state index in [1.807, 2.05) is 18.2 Å². The molecule has 0 atom stereocenters. The fourth-order valence-corrected chi connectivity index (χ4v) is 8.27. The number of nitrogens with zero attached hydrogens (tertiary/aromatic N) is 4. The first kappa shape index (κ1) is 30.5. The van der Waals surface area contributed by atoms with E-state index in [1.165, 1.54) is 22.0 Å². The molecule has 54 heavy (non-hydrogen) atoms. The molecule has 0 radical (unpaired) electrons. The Bertz CT molecular complexity index is 2970. The van der Waals surface area contributed by atoms with Crippen molar-refractivity contribution in [3.05, 3.63) is 188 Å². The van der Waals surface area contributed by atoms with Crippen LogP contribution in [0.25, 0.3) is 66.7 Å². The summed E-state index contributed by atoms with van der Waals surface area (Å²) in [4.78, 5) is 7.46. The van der Waals surface area contributed by atoms with Gasteiger partial charge in [-0.05, 0) is 121 Å². The quantitative estimate of drug-likeness (QED) is 0.180. The predicted molar refractivity (Wildman–Crippen MR) is 221 cm³/mol. The lowest BCUT2D eigenvalue weighted by Gasteiger charge is -2.35. The van der Waals surface area contributed by atoms with Crippen molar-refractivity contribution >= 4 is 44.2 Å². The second kappa shape index (κ2) is 12.2. The van der Waals surface area contributed by atoms with E-state index in [4.69, 9.17) is 9.72 Å². The molecule has 0 saturated heterocycles. The lowest BCUT2D eigenvalue weighted by atomic mass is 10.00. The summed E-state index contributed by atoms with van der Waals surface area (Å²) in [7, 11) is 0. The van der Waals surface area contributed by atoms with Crippen LogP contribution in [0.3, 0.4) is 0 Å². The number of ether oxygens (including phenoxy) is 1. The third kappa shape index (κ3) is 4.82. The molecular formula is C49H34N4O. The number of fused-ring (bicyclic) bond motifs is 6. The van der Waals surface area contributed by atoms with E-state index >= 15 is 0 Å². The fraction of sp³-hybridized carbons (Fsp3) is 0.0408. The van der Waals surface area contributed by atoms with Gasteiger partial charge < -0.3 is 14.2 Å². The van der Waals surface area contributed by atoms with E-state index in [9.17, 15) is 0 Å². The molecular weight excluding hydrogens is 661 g/mol. The summed E-state index contributed by atoms with van der Waals surface area (Å²) < 4.78 is 11.2. The Kier molecular flexibility index (Phi) is 6.92. The summed E-state index contributed by atoms with van der Waals surface area (Å²) in [6, 6.07) is 58.1. The summed E-state index contributed by atoms with van der Waals surface area (Å²) in [5, 5.41) is 2.43. The summed E-state index contributed by atoms with van der Waals surface area (Å²) in [6.45, 7) is 0. The van der Waals surface area contributed by atoms with Crippen molar-refractivity contribution < 1.29 is 4.74 Å². The molecule has 0 fully saturated rings. The Balaban J connectivity index is 0.996. The molecule has 0 unspecified atom stereocenters. The molecule has 5 nitrogen and oxygen atoms in total. The van der Waals surface area contributed by atoms with Gasteiger partial charge in [0.1, 0.15) is 5.82 Å². The summed E-state index contributed by atoms with van der Waals surface area (Å²) in [5.41, 5.74) is 13.4. The summed E-state index contributed by atoms with van der Waals surface area (Å²) >= 11 is 0. The van der Waals surface area contributed by atoms with Crippen molar-refractivity contribution in [2.24, 2.45) is 0 Å². The standard InChI is InChI=1S/C49H34N4O/c1-3-13-36(14-4-1)52-45-21-11-12-22-47(45)54-48-32-35(26-30-46(48)52)34-25-29-43-40(31-34)39-17-7-9-19-42(39)51(43)38-27-23-33(24-28-38)49-50-41-18-8-10-20-44(41)53(49)37-15-5-2-6-16-37/h1-3,5-13,15-32H,4,14H2. The zero-order valence-corrected chi connectivity index (χ0v) is 29.4. The van der Waals surface area contributed by atoms with Gasteiger partial charge >= 0.3 is 0 Å².